The van der Waals surface area contributed by atoms with Gasteiger partial charge in [0.1, 0.15) is 17.7 Å². The molecule has 3 rings (SSSR count). The minimum absolute atomic E-state index is 0.0968. The van der Waals surface area contributed by atoms with Gasteiger partial charge < -0.3 is 4.98 Å². The number of aryl methyl sites for hydroxylation is 1. The molecule has 104 valence electrons. The molecule has 3 heteroatoms. The molecule has 0 saturated carbocycles. The lowest BCUT2D eigenvalue weighted by atomic mass is 10.0. The second-order valence-corrected chi connectivity index (χ2v) is 5.11. The number of benzene rings is 2. The van der Waals surface area contributed by atoms with E-state index in [2.05, 4.69) is 11.1 Å². The lowest BCUT2D eigenvalue weighted by molar-refractivity contribution is 1.43. The molecule has 0 amide bonds. The van der Waals surface area contributed by atoms with Gasteiger partial charge in [-0.15, -0.1) is 0 Å². The Morgan fingerprint density at radius 3 is 2.45 bits per heavy atom. The average Bonchev–Trinajstić information content (AvgIpc) is 2.91. The van der Waals surface area contributed by atoms with E-state index in [0.29, 0.717) is 0 Å². The molecule has 3 aromatic rings. The van der Waals surface area contributed by atoms with Crippen LogP contribution >= 0.6 is 0 Å². The van der Waals surface area contributed by atoms with Crippen molar-refractivity contribution in [1.82, 2.24) is 4.98 Å². The molecular formula is C19H13N3. The van der Waals surface area contributed by atoms with Crippen LogP contribution in [-0.4, -0.2) is 4.98 Å². The monoisotopic (exact) mass is 283 g/mol. The normalized spacial score (nSPS) is 9.95. The molecule has 2 aromatic carbocycles. The fourth-order valence-corrected chi connectivity index (χ4v) is 2.54. The molecule has 1 aromatic heterocycles. The largest absolute Gasteiger partial charge is 0.354 e. The van der Waals surface area contributed by atoms with Gasteiger partial charge >= 0.3 is 0 Å². The number of fused-ring (bicyclic) bond motifs is 1. The van der Waals surface area contributed by atoms with Crippen molar-refractivity contribution in [2.45, 2.75) is 6.92 Å². The third kappa shape index (κ3) is 2.37. The highest BCUT2D eigenvalue weighted by Gasteiger charge is 2.12. The summed E-state index contributed by atoms with van der Waals surface area (Å²) in [4.78, 5) is 3.40. The number of hydrogen-bond acceptors (Lipinski definition) is 2. The van der Waals surface area contributed by atoms with Crippen molar-refractivity contribution in [3.05, 3.63) is 65.2 Å². The SMILES string of the molecule is Cc1ccc2[nH]c(-c3ccccc3)c(C=C(C#N)C#N)c2c1. The quantitative estimate of drug-likeness (QED) is 0.700. The Kier molecular flexibility index (Phi) is 3.48. The van der Waals surface area contributed by atoms with Gasteiger partial charge in [0.05, 0.1) is 5.69 Å². The molecule has 0 aliphatic rings. The third-order valence-corrected chi connectivity index (χ3v) is 3.59. The van der Waals surface area contributed by atoms with Crippen LogP contribution in [0.1, 0.15) is 11.1 Å². The number of nitrogens with zero attached hydrogens (tertiary/aromatic N) is 2. The average molecular weight is 283 g/mol. The number of nitrogens with one attached hydrogen (secondary N) is 1. The van der Waals surface area contributed by atoms with Crippen molar-refractivity contribution in [3.63, 3.8) is 0 Å². The second kappa shape index (κ2) is 5.60. The number of aromatic nitrogens is 1. The molecule has 0 radical (unpaired) electrons. The molecule has 0 atom stereocenters. The van der Waals surface area contributed by atoms with Crippen LogP contribution in [0.2, 0.25) is 0 Å². The zero-order chi connectivity index (χ0) is 15.5. The lowest BCUT2D eigenvalue weighted by Gasteiger charge is -2.01. The van der Waals surface area contributed by atoms with Crippen LogP contribution in [0, 0.1) is 29.6 Å². The van der Waals surface area contributed by atoms with Crippen molar-refractivity contribution in [3.8, 4) is 23.4 Å². The van der Waals surface area contributed by atoms with E-state index in [1.807, 2.05) is 61.5 Å². The van der Waals surface area contributed by atoms with Crippen LogP contribution in [0.15, 0.2) is 54.1 Å². The summed E-state index contributed by atoms with van der Waals surface area (Å²) in [7, 11) is 0. The van der Waals surface area contributed by atoms with E-state index in [9.17, 15) is 0 Å². The maximum absolute atomic E-state index is 9.06. The highest BCUT2D eigenvalue weighted by molar-refractivity contribution is 5.98. The number of H-pyrrole nitrogens is 1. The summed E-state index contributed by atoms with van der Waals surface area (Å²) in [6.07, 6.45) is 1.65. The van der Waals surface area contributed by atoms with E-state index in [4.69, 9.17) is 10.5 Å². The first-order chi connectivity index (χ1) is 10.7. The zero-order valence-electron chi connectivity index (χ0n) is 12.1. The molecule has 0 fully saturated rings. The van der Waals surface area contributed by atoms with Gasteiger partial charge in [0.15, 0.2) is 0 Å². The first-order valence-corrected chi connectivity index (χ1v) is 6.92. The predicted octanol–water partition coefficient (Wildman–Crippen LogP) is 4.57. The predicted molar refractivity (Wildman–Crippen MR) is 87.7 cm³/mol. The molecule has 0 saturated heterocycles. The van der Waals surface area contributed by atoms with Gasteiger partial charge in [-0.25, -0.2) is 0 Å². The molecule has 0 aliphatic heterocycles. The summed E-state index contributed by atoms with van der Waals surface area (Å²) < 4.78 is 0. The number of nitriles is 2. The van der Waals surface area contributed by atoms with Crippen molar-refractivity contribution < 1.29 is 0 Å². The molecule has 1 heterocycles. The van der Waals surface area contributed by atoms with Gasteiger partial charge in [-0.1, -0.05) is 42.0 Å². The molecule has 22 heavy (non-hydrogen) atoms. The highest BCUT2D eigenvalue weighted by Crippen LogP contribution is 2.32. The van der Waals surface area contributed by atoms with Gasteiger partial charge in [0.2, 0.25) is 0 Å². The summed E-state index contributed by atoms with van der Waals surface area (Å²) in [5, 5.41) is 19.1. The Balaban J connectivity index is 2.35. The van der Waals surface area contributed by atoms with Crippen molar-refractivity contribution in [1.29, 1.82) is 10.5 Å². The lowest BCUT2D eigenvalue weighted by Crippen LogP contribution is -1.82. The highest BCUT2D eigenvalue weighted by atomic mass is 14.7. The fourth-order valence-electron chi connectivity index (χ4n) is 2.54. The van der Waals surface area contributed by atoms with E-state index in [-0.39, 0.29) is 5.57 Å². The molecule has 0 unspecified atom stereocenters. The Morgan fingerprint density at radius 2 is 1.77 bits per heavy atom. The second-order valence-electron chi connectivity index (χ2n) is 5.11. The van der Waals surface area contributed by atoms with Crippen molar-refractivity contribution in [2.75, 3.05) is 0 Å². The Morgan fingerprint density at radius 1 is 1.05 bits per heavy atom. The van der Waals surface area contributed by atoms with E-state index in [0.717, 1.165) is 33.3 Å². The molecule has 0 bridgehead atoms. The Labute approximate surface area is 128 Å². The van der Waals surface area contributed by atoms with Crippen LogP contribution in [0.4, 0.5) is 0 Å². The topological polar surface area (TPSA) is 63.4 Å². The molecule has 0 spiro atoms. The van der Waals surface area contributed by atoms with E-state index >= 15 is 0 Å². The van der Waals surface area contributed by atoms with Gasteiger partial charge in [0, 0.05) is 16.5 Å². The fraction of sp³-hybridized carbons (Fsp3) is 0.0526. The minimum atomic E-state index is 0.0968. The zero-order valence-corrected chi connectivity index (χ0v) is 12.1. The summed E-state index contributed by atoms with van der Waals surface area (Å²) in [6, 6.07) is 19.9. The van der Waals surface area contributed by atoms with Gasteiger partial charge in [0.25, 0.3) is 0 Å². The minimum Gasteiger partial charge on any atom is -0.354 e. The number of aromatic amines is 1. The number of allylic oxidation sites excluding steroid dienone is 1. The first kappa shape index (κ1) is 13.7. The van der Waals surface area contributed by atoms with Crippen LogP contribution in [-0.2, 0) is 0 Å². The number of hydrogen-bond donors (Lipinski definition) is 1. The van der Waals surface area contributed by atoms with E-state index in [1.165, 1.54) is 0 Å². The van der Waals surface area contributed by atoms with E-state index < -0.39 is 0 Å². The molecular weight excluding hydrogens is 270 g/mol. The first-order valence-electron chi connectivity index (χ1n) is 6.92. The number of rotatable bonds is 2. The Hall–Kier alpha value is -3.30. The van der Waals surface area contributed by atoms with Crippen molar-refractivity contribution >= 4 is 17.0 Å². The van der Waals surface area contributed by atoms with Crippen LogP contribution in [0.3, 0.4) is 0 Å². The van der Waals surface area contributed by atoms with Gasteiger partial charge in [-0.3, -0.25) is 0 Å². The Bertz CT molecular complexity index is 932. The molecule has 0 aliphatic carbocycles. The molecule has 1 N–H and O–H groups in total. The van der Waals surface area contributed by atoms with Gasteiger partial charge in [-0.2, -0.15) is 10.5 Å². The van der Waals surface area contributed by atoms with Crippen LogP contribution < -0.4 is 0 Å². The standard InChI is InChI=1S/C19H13N3/c1-13-7-8-18-16(9-13)17(10-14(11-20)12-21)19(22-18)15-5-3-2-4-6-15/h2-10,22H,1H3. The van der Waals surface area contributed by atoms with Crippen LogP contribution in [0.5, 0.6) is 0 Å². The van der Waals surface area contributed by atoms with Crippen LogP contribution in [0.25, 0.3) is 28.2 Å². The van der Waals surface area contributed by atoms with Gasteiger partial charge in [-0.05, 0) is 30.7 Å². The van der Waals surface area contributed by atoms with E-state index in [1.54, 1.807) is 6.08 Å². The summed E-state index contributed by atoms with van der Waals surface area (Å²) in [5.41, 5.74) is 5.05. The summed E-state index contributed by atoms with van der Waals surface area (Å²) >= 11 is 0. The maximum Gasteiger partial charge on any atom is 0.130 e. The summed E-state index contributed by atoms with van der Waals surface area (Å²) in [5.74, 6) is 0. The molecule has 3 nitrogen and oxygen atoms in total. The smallest absolute Gasteiger partial charge is 0.130 e. The third-order valence-electron chi connectivity index (χ3n) is 3.59. The van der Waals surface area contributed by atoms with Crippen molar-refractivity contribution in [2.24, 2.45) is 0 Å². The summed E-state index contributed by atoms with van der Waals surface area (Å²) in [6.45, 7) is 2.03. The maximum atomic E-state index is 9.06.